The predicted octanol–water partition coefficient (Wildman–Crippen LogP) is -0.631. The lowest BCUT2D eigenvalue weighted by atomic mass is 10.1. The number of amides is 1. The molecule has 2 rings (SSSR count). The van der Waals surface area contributed by atoms with Crippen LogP contribution >= 0.6 is 12.4 Å². The smallest absolute Gasteiger partial charge is 0.256 e. The van der Waals surface area contributed by atoms with E-state index in [0.717, 1.165) is 0 Å². The monoisotopic (exact) mass is 320 g/mol. The Hall–Kier alpha value is -1.38. The number of nitrogens with two attached hydrogens (primary N) is 1. The number of nitrogens with zero attached hydrogens (tertiary/aromatic N) is 2. The van der Waals surface area contributed by atoms with Crippen LogP contribution in [0.3, 0.4) is 0 Å². The molecule has 1 atom stereocenters. The van der Waals surface area contributed by atoms with Gasteiger partial charge >= 0.3 is 0 Å². The highest BCUT2D eigenvalue weighted by molar-refractivity contribution is 7.90. The van der Waals surface area contributed by atoms with Crippen molar-refractivity contribution in [1.29, 1.82) is 0 Å². The molecule has 0 aromatic heterocycles. The van der Waals surface area contributed by atoms with Crippen LogP contribution in [0.2, 0.25) is 0 Å². The molecule has 20 heavy (non-hydrogen) atoms. The molecule has 0 radical (unpaired) electrons. The van der Waals surface area contributed by atoms with Crippen LogP contribution in [-0.2, 0) is 14.8 Å². The topological polar surface area (TPSA) is 105 Å². The van der Waals surface area contributed by atoms with Crippen molar-refractivity contribution < 1.29 is 13.2 Å². The summed E-state index contributed by atoms with van der Waals surface area (Å²) in [6.45, 7) is 2.38. The number of fused-ring (bicyclic) bond motifs is 1. The summed E-state index contributed by atoms with van der Waals surface area (Å²) in [6.07, 6.45) is 4.95. The standard InChI is InChI=1S/C11H16N4O3S.ClH/c1-8(7-12)13-11(16)9-3-2-4-15-5-6-19(17,18)14-10(9)15;/h2-4,8H,5-7,12H2,1H3,(H,13,16);1H/t8-;/m0./s1. The molecule has 0 fully saturated rings. The van der Waals surface area contributed by atoms with E-state index in [2.05, 4.69) is 9.71 Å². The Labute approximate surface area is 124 Å². The molecular formula is C11H17ClN4O3S. The summed E-state index contributed by atoms with van der Waals surface area (Å²) >= 11 is 0. The highest BCUT2D eigenvalue weighted by Gasteiger charge is 2.30. The maximum Gasteiger partial charge on any atom is 0.256 e. The maximum absolute atomic E-state index is 12.1. The zero-order valence-corrected chi connectivity index (χ0v) is 12.6. The third-order valence-electron chi connectivity index (χ3n) is 2.83. The van der Waals surface area contributed by atoms with E-state index in [1.54, 1.807) is 30.2 Å². The van der Waals surface area contributed by atoms with Crippen LogP contribution in [0.25, 0.3) is 0 Å². The minimum atomic E-state index is -3.49. The van der Waals surface area contributed by atoms with Crippen molar-refractivity contribution in [3.05, 3.63) is 23.9 Å². The molecular weight excluding hydrogens is 304 g/mol. The zero-order valence-electron chi connectivity index (χ0n) is 10.9. The van der Waals surface area contributed by atoms with Gasteiger partial charge in [0.15, 0.2) is 5.84 Å². The molecule has 0 saturated carbocycles. The van der Waals surface area contributed by atoms with Gasteiger partial charge in [-0.25, -0.2) is 8.42 Å². The Morgan fingerprint density at radius 1 is 1.60 bits per heavy atom. The predicted molar refractivity (Wildman–Crippen MR) is 79.1 cm³/mol. The molecule has 2 heterocycles. The second kappa shape index (κ2) is 6.38. The van der Waals surface area contributed by atoms with Gasteiger partial charge in [0.25, 0.3) is 15.9 Å². The second-order valence-corrected chi connectivity index (χ2v) is 6.18. The summed E-state index contributed by atoms with van der Waals surface area (Å²) in [5.74, 6) is -0.242. The summed E-state index contributed by atoms with van der Waals surface area (Å²) in [7, 11) is -3.49. The number of amidine groups is 1. The zero-order chi connectivity index (χ0) is 14.0. The van der Waals surface area contributed by atoms with E-state index < -0.39 is 10.0 Å². The Kier molecular flexibility index (Phi) is 5.32. The Balaban J connectivity index is 0.00000200. The normalized spacial score (nSPS) is 21.0. The Bertz CT molecular complexity index is 582. The van der Waals surface area contributed by atoms with E-state index in [1.807, 2.05) is 0 Å². The van der Waals surface area contributed by atoms with Crippen LogP contribution in [-0.4, -0.2) is 49.9 Å². The molecule has 1 amide bonds. The van der Waals surface area contributed by atoms with E-state index in [-0.39, 0.29) is 41.5 Å². The molecule has 0 spiro atoms. The molecule has 0 aromatic rings. The number of carbonyl (C=O) groups excluding carboxylic acids is 1. The molecule has 0 saturated heterocycles. The van der Waals surface area contributed by atoms with E-state index in [1.165, 1.54) is 0 Å². The number of hydrogen-bond acceptors (Lipinski definition) is 5. The number of sulfonamides is 1. The van der Waals surface area contributed by atoms with Crippen LogP contribution in [0.15, 0.2) is 28.3 Å². The van der Waals surface area contributed by atoms with Gasteiger partial charge in [-0.1, -0.05) is 0 Å². The van der Waals surface area contributed by atoms with Crippen LogP contribution in [0.1, 0.15) is 6.92 Å². The van der Waals surface area contributed by atoms with Crippen molar-refractivity contribution in [2.75, 3.05) is 18.8 Å². The van der Waals surface area contributed by atoms with Crippen LogP contribution in [0, 0.1) is 0 Å². The lowest BCUT2D eigenvalue weighted by molar-refractivity contribution is -0.117. The number of rotatable bonds is 3. The molecule has 3 N–H and O–H groups in total. The van der Waals surface area contributed by atoms with Crippen molar-refractivity contribution in [1.82, 2.24) is 10.2 Å². The first-order chi connectivity index (χ1) is 8.93. The van der Waals surface area contributed by atoms with E-state index in [4.69, 9.17) is 5.73 Å². The van der Waals surface area contributed by atoms with Gasteiger partial charge < -0.3 is 16.0 Å². The summed E-state index contributed by atoms with van der Waals surface area (Å²) in [6, 6.07) is -0.187. The average molecular weight is 321 g/mol. The van der Waals surface area contributed by atoms with Crippen molar-refractivity contribution in [3.8, 4) is 0 Å². The number of halogens is 1. The number of allylic oxidation sites excluding steroid dienone is 2. The number of carbonyl (C=O) groups is 1. The van der Waals surface area contributed by atoms with Crippen molar-refractivity contribution in [3.63, 3.8) is 0 Å². The van der Waals surface area contributed by atoms with Crippen LogP contribution < -0.4 is 11.1 Å². The Morgan fingerprint density at radius 2 is 2.30 bits per heavy atom. The quantitative estimate of drug-likeness (QED) is 0.720. The van der Waals surface area contributed by atoms with Crippen LogP contribution in [0.4, 0.5) is 0 Å². The first-order valence-corrected chi connectivity index (χ1v) is 7.53. The second-order valence-electron chi connectivity index (χ2n) is 4.43. The lowest BCUT2D eigenvalue weighted by Gasteiger charge is -2.29. The Morgan fingerprint density at radius 3 is 2.95 bits per heavy atom. The third kappa shape index (κ3) is 3.59. The fourth-order valence-electron chi connectivity index (χ4n) is 1.75. The fraction of sp³-hybridized carbons (Fsp3) is 0.455. The summed E-state index contributed by atoms with van der Waals surface area (Å²) in [4.78, 5) is 13.7. The molecule has 2 aliphatic rings. The largest absolute Gasteiger partial charge is 0.348 e. The van der Waals surface area contributed by atoms with E-state index in [0.29, 0.717) is 13.1 Å². The minimum Gasteiger partial charge on any atom is -0.348 e. The summed E-state index contributed by atoms with van der Waals surface area (Å²) < 4.78 is 26.7. The van der Waals surface area contributed by atoms with Gasteiger partial charge in [0.1, 0.15) is 0 Å². The molecule has 0 unspecified atom stereocenters. The molecule has 9 heteroatoms. The maximum atomic E-state index is 12.1. The van der Waals surface area contributed by atoms with E-state index >= 15 is 0 Å². The fourth-order valence-corrected chi connectivity index (χ4v) is 2.74. The first-order valence-electron chi connectivity index (χ1n) is 5.92. The SMILES string of the molecule is C[C@@H](CN)NC(=O)C1=CC=CN2CCS(=O)(=O)N=C12.Cl. The first kappa shape index (κ1) is 16.7. The van der Waals surface area contributed by atoms with Gasteiger partial charge in [-0.2, -0.15) is 0 Å². The van der Waals surface area contributed by atoms with Crippen molar-refractivity contribution >= 4 is 34.2 Å². The van der Waals surface area contributed by atoms with Crippen LogP contribution in [0.5, 0.6) is 0 Å². The minimum absolute atomic E-state index is 0. The van der Waals surface area contributed by atoms with Gasteiger partial charge in [-0.3, -0.25) is 4.79 Å². The lowest BCUT2D eigenvalue weighted by Crippen LogP contribution is -2.45. The van der Waals surface area contributed by atoms with E-state index in [9.17, 15) is 13.2 Å². The molecule has 0 bridgehead atoms. The van der Waals surface area contributed by atoms with Gasteiger partial charge in [0, 0.05) is 25.3 Å². The number of hydrogen-bond donors (Lipinski definition) is 2. The van der Waals surface area contributed by atoms with Crippen molar-refractivity contribution in [2.45, 2.75) is 13.0 Å². The van der Waals surface area contributed by atoms with Gasteiger partial charge in [-0.05, 0) is 19.1 Å². The van der Waals surface area contributed by atoms with Gasteiger partial charge in [-0.15, -0.1) is 16.8 Å². The molecule has 112 valence electrons. The molecule has 0 aliphatic carbocycles. The highest BCUT2D eigenvalue weighted by atomic mass is 35.5. The molecule has 2 aliphatic heterocycles. The highest BCUT2D eigenvalue weighted by Crippen LogP contribution is 2.17. The number of nitrogens with one attached hydrogen (secondary N) is 1. The molecule has 7 nitrogen and oxygen atoms in total. The summed E-state index contributed by atoms with van der Waals surface area (Å²) in [5.41, 5.74) is 5.68. The average Bonchev–Trinajstić information content (AvgIpc) is 2.36. The summed E-state index contributed by atoms with van der Waals surface area (Å²) in [5, 5.41) is 2.69. The van der Waals surface area contributed by atoms with Gasteiger partial charge in [0.05, 0.1) is 11.3 Å². The van der Waals surface area contributed by atoms with Gasteiger partial charge in [0.2, 0.25) is 0 Å². The molecule has 0 aromatic carbocycles. The third-order valence-corrected chi connectivity index (χ3v) is 3.98. The van der Waals surface area contributed by atoms with Crippen molar-refractivity contribution in [2.24, 2.45) is 10.1 Å².